The van der Waals surface area contributed by atoms with Gasteiger partial charge in [-0.2, -0.15) is 5.10 Å². The van der Waals surface area contributed by atoms with E-state index in [1.165, 1.54) is 0 Å². The monoisotopic (exact) mass is 328 g/mol. The van der Waals surface area contributed by atoms with Gasteiger partial charge in [-0.15, -0.1) is 0 Å². The lowest BCUT2D eigenvalue weighted by molar-refractivity contribution is -0.112. The molecule has 0 spiro atoms. The maximum atomic E-state index is 11.5. The standard InChI is InChI=1S/C16H13BrN2O/c17-16-14-9-5-4-8-13(14)15(11-20)19(18-16)10-12-6-2-1-3-7-12/h1-9,11,15H,10H2. The molecule has 1 aliphatic rings. The van der Waals surface area contributed by atoms with Gasteiger partial charge >= 0.3 is 0 Å². The summed E-state index contributed by atoms with van der Waals surface area (Å²) in [4.78, 5) is 11.5. The first-order valence-electron chi connectivity index (χ1n) is 6.39. The highest BCUT2D eigenvalue weighted by Crippen LogP contribution is 2.31. The third-order valence-corrected chi connectivity index (χ3v) is 3.94. The van der Waals surface area contributed by atoms with Crippen molar-refractivity contribution in [3.8, 4) is 0 Å². The Hall–Kier alpha value is -1.94. The molecule has 0 fully saturated rings. The molecule has 0 aliphatic carbocycles. The lowest BCUT2D eigenvalue weighted by Crippen LogP contribution is -2.30. The van der Waals surface area contributed by atoms with Crippen LogP contribution in [0.5, 0.6) is 0 Å². The van der Waals surface area contributed by atoms with Gasteiger partial charge in [-0.1, -0.05) is 54.6 Å². The van der Waals surface area contributed by atoms with Gasteiger partial charge < -0.3 is 4.79 Å². The largest absolute Gasteiger partial charge is 0.301 e. The van der Waals surface area contributed by atoms with Crippen LogP contribution in [0.3, 0.4) is 0 Å². The molecular formula is C16H13BrN2O. The van der Waals surface area contributed by atoms with E-state index in [1.54, 1.807) is 0 Å². The maximum Gasteiger partial charge on any atom is 0.148 e. The summed E-state index contributed by atoms with van der Waals surface area (Å²) in [6.07, 6.45) is 0.949. The van der Waals surface area contributed by atoms with Crippen molar-refractivity contribution in [3.63, 3.8) is 0 Å². The zero-order chi connectivity index (χ0) is 13.9. The van der Waals surface area contributed by atoms with Crippen molar-refractivity contribution in [2.24, 2.45) is 5.10 Å². The molecule has 2 aromatic carbocycles. The summed E-state index contributed by atoms with van der Waals surface area (Å²) in [7, 11) is 0. The minimum atomic E-state index is -0.340. The Labute approximate surface area is 126 Å². The number of fused-ring (bicyclic) bond motifs is 1. The predicted octanol–water partition coefficient (Wildman–Crippen LogP) is 3.50. The lowest BCUT2D eigenvalue weighted by atomic mass is 9.99. The molecule has 0 saturated carbocycles. The quantitative estimate of drug-likeness (QED) is 0.808. The van der Waals surface area contributed by atoms with Gasteiger partial charge in [-0.05, 0) is 27.1 Å². The molecule has 0 bridgehead atoms. The number of aldehydes is 1. The summed E-state index contributed by atoms with van der Waals surface area (Å²) >= 11 is 3.49. The maximum absolute atomic E-state index is 11.5. The van der Waals surface area contributed by atoms with E-state index in [2.05, 4.69) is 21.0 Å². The minimum Gasteiger partial charge on any atom is -0.301 e. The van der Waals surface area contributed by atoms with Gasteiger partial charge in [0.15, 0.2) is 0 Å². The second-order valence-electron chi connectivity index (χ2n) is 4.64. The molecule has 20 heavy (non-hydrogen) atoms. The van der Waals surface area contributed by atoms with E-state index < -0.39 is 0 Å². The van der Waals surface area contributed by atoms with Crippen LogP contribution in [0.4, 0.5) is 0 Å². The summed E-state index contributed by atoms with van der Waals surface area (Å²) in [6, 6.07) is 17.5. The zero-order valence-electron chi connectivity index (χ0n) is 10.7. The van der Waals surface area contributed by atoms with Crippen LogP contribution in [0.15, 0.2) is 59.7 Å². The van der Waals surface area contributed by atoms with Crippen molar-refractivity contribution < 1.29 is 4.79 Å². The van der Waals surface area contributed by atoms with Crippen molar-refractivity contribution in [2.45, 2.75) is 12.6 Å². The number of hydrogen-bond donors (Lipinski definition) is 0. The van der Waals surface area contributed by atoms with Gasteiger partial charge in [0.1, 0.15) is 16.9 Å². The van der Waals surface area contributed by atoms with Crippen LogP contribution >= 0.6 is 15.9 Å². The van der Waals surface area contributed by atoms with E-state index in [0.29, 0.717) is 6.54 Å². The molecule has 1 unspecified atom stereocenters. The minimum absolute atomic E-state index is 0.340. The van der Waals surface area contributed by atoms with Crippen LogP contribution in [-0.2, 0) is 11.3 Å². The van der Waals surface area contributed by atoms with Crippen LogP contribution in [0.2, 0.25) is 0 Å². The smallest absolute Gasteiger partial charge is 0.148 e. The summed E-state index contributed by atoms with van der Waals surface area (Å²) < 4.78 is 0.766. The van der Waals surface area contributed by atoms with E-state index in [-0.39, 0.29) is 6.04 Å². The van der Waals surface area contributed by atoms with E-state index in [0.717, 1.165) is 27.6 Å². The first kappa shape index (κ1) is 13.1. The molecule has 100 valence electrons. The highest BCUT2D eigenvalue weighted by molar-refractivity contribution is 9.18. The molecule has 0 saturated heterocycles. The van der Waals surface area contributed by atoms with E-state index >= 15 is 0 Å². The highest BCUT2D eigenvalue weighted by Gasteiger charge is 2.27. The van der Waals surface area contributed by atoms with Gasteiger partial charge in [0.2, 0.25) is 0 Å². The normalized spacial score (nSPS) is 17.4. The number of carbonyl (C=O) groups is 1. The molecule has 2 aromatic rings. The molecule has 0 radical (unpaired) electrons. The Balaban J connectivity index is 1.97. The Morgan fingerprint density at radius 2 is 1.80 bits per heavy atom. The molecule has 3 nitrogen and oxygen atoms in total. The molecule has 1 heterocycles. The van der Waals surface area contributed by atoms with Crippen molar-refractivity contribution in [1.29, 1.82) is 0 Å². The van der Waals surface area contributed by atoms with Crippen LogP contribution < -0.4 is 0 Å². The summed E-state index contributed by atoms with van der Waals surface area (Å²) in [5.74, 6) is 0. The van der Waals surface area contributed by atoms with E-state index in [4.69, 9.17) is 0 Å². The number of nitrogens with zero attached hydrogens (tertiary/aromatic N) is 2. The van der Waals surface area contributed by atoms with Gasteiger partial charge in [0.25, 0.3) is 0 Å². The average Bonchev–Trinajstić information content (AvgIpc) is 2.49. The molecule has 0 amide bonds. The van der Waals surface area contributed by atoms with Crippen LogP contribution in [0, 0.1) is 0 Å². The topological polar surface area (TPSA) is 32.7 Å². The Morgan fingerprint density at radius 1 is 1.10 bits per heavy atom. The summed E-state index contributed by atoms with van der Waals surface area (Å²) in [5.41, 5.74) is 3.09. The number of rotatable bonds is 3. The van der Waals surface area contributed by atoms with Gasteiger partial charge in [-0.3, -0.25) is 5.01 Å². The Bertz CT molecular complexity index is 655. The first-order valence-corrected chi connectivity index (χ1v) is 7.18. The van der Waals surface area contributed by atoms with E-state index in [9.17, 15) is 4.79 Å². The summed E-state index contributed by atoms with van der Waals surface area (Å²) in [5, 5.41) is 6.32. The molecule has 1 atom stereocenters. The molecule has 0 aromatic heterocycles. The summed E-state index contributed by atoms with van der Waals surface area (Å²) in [6.45, 7) is 0.605. The predicted molar refractivity (Wildman–Crippen MR) is 82.7 cm³/mol. The van der Waals surface area contributed by atoms with Gasteiger partial charge in [0.05, 0.1) is 6.54 Å². The molecule has 4 heteroatoms. The number of benzene rings is 2. The Morgan fingerprint density at radius 3 is 2.55 bits per heavy atom. The lowest BCUT2D eigenvalue weighted by Gasteiger charge is -2.31. The molecule has 3 rings (SSSR count). The third-order valence-electron chi connectivity index (χ3n) is 3.36. The number of carbonyl (C=O) groups excluding carboxylic acids is 1. The van der Waals surface area contributed by atoms with Crippen molar-refractivity contribution in [3.05, 3.63) is 71.3 Å². The second-order valence-corrected chi connectivity index (χ2v) is 5.39. The second kappa shape index (κ2) is 5.59. The molecule has 1 aliphatic heterocycles. The fourth-order valence-corrected chi connectivity index (χ4v) is 2.94. The van der Waals surface area contributed by atoms with Crippen LogP contribution in [0.1, 0.15) is 22.7 Å². The van der Waals surface area contributed by atoms with Gasteiger partial charge in [-0.25, -0.2) is 0 Å². The number of hydrazone groups is 1. The van der Waals surface area contributed by atoms with Crippen molar-refractivity contribution in [1.82, 2.24) is 5.01 Å². The molecular weight excluding hydrogens is 316 g/mol. The van der Waals surface area contributed by atoms with Crippen molar-refractivity contribution in [2.75, 3.05) is 0 Å². The third kappa shape index (κ3) is 2.39. The van der Waals surface area contributed by atoms with E-state index in [1.807, 2.05) is 59.6 Å². The number of hydrogen-bond acceptors (Lipinski definition) is 3. The van der Waals surface area contributed by atoms with Crippen LogP contribution in [0.25, 0.3) is 0 Å². The Kier molecular flexibility index (Phi) is 3.65. The van der Waals surface area contributed by atoms with Gasteiger partial charge in [0, 0.05) is 5.56 Å². The number of halogens is 1. The average molecular weight is 329 g/mol. The van der Waals surface area contributed by atoms with Crippen LogP contribution in [-0.4, -0.2) is 15.9 Å². The van der Waals surface area contributed by atoms with Crippen molar-refractivity contribution >= 4 is 26.8 Å². The fraction of sp³-hybridized carbons (Fsp3) is 0.125. The first-order chi connectivity index (χ1) is 9.79. The SMILES string of the molecule is O=CC1c2ccccc2C(Br)=NN1Cc1ccccc1. The fourth-order valence-electron chi connectivity index (χ4n) is 2.38. The zero-order valence-corrected chi connectivity index (χ0v) is 12.3. The molecule has 0 N–H and O–H groups in total. The highest BCUT2D eigenvalue weighted by atomic mass is 79.9.